The molecule has 0 bridgehead atoms. The van der Waals surface area contributed by atoms with E-state index in [0.29, 0.717) is 124 Å². The van der Waals surface area contributed by atoms with Crippen molar-refractivity contribution in [2.24, 2.45) is 0 Å². The molecule has 0 unspecified atom stereocenters. The maximum atomic E-state index is 9.92. The fourth-order valence-electron chi connectivity index (χ4n) is 7.38. The zero-order valence-corrected chi connectivity index (χ0v) is 38.5. The van der Waals surface area contributed by atoms with Crippen molar-refractivity contribution in [3.05, 3.63) is 98.0 Å². The van der Waals surface area contributed by atoms with Crippen LogP contribution in [-0.4, -0.2) is 101 Å². The number of methoxy groups -OCH3 is 4. The van der Waals surface area contributed by atoms with Crippen LogP contribution in [0.15, 0.2) is 60.9 Å². The van der Waals surface area contributed by atoms with Crippen LogP contribution in [0.3, 0.4) is 0 Å². The number of anilines is 4. The van der Waals surface area contributed by atoms with Crippen LogP contribution in [0.2, 0.25) is 20.1 Å². The molecule has 14 nitrogen and oxygen atoms in total. The number of nitrogens with zero attached hydrogens (tertiary/aromatic N) is 6. The Kier molecular flexibility index (Phi) is 15.3. The molecule has 2 aromatic heterocycles. The molecular weight excluding hydrogens is 902 g/mol. The largest absolute Gasteiger partial charge is 0.495 e. The highest BCUT2D eigenvalue weighted by atomic mass is 35.5. The van der Waals surface area contributed by atoms with Crippen LogP contribution in [0.4, 0.5) is 28.4 Å². The number of rotatable bonds is 18. The van der Waals surface area contributed by atoms with E-state index in [0.717, 1.165) is 52.1 Å². The van der Waals surface area contributed by atoms with Crippen molar-refractivity contribution in [3.63, 3.8) is 0 Å². The molecule has 0 atom stereocenters. The molecule has 0 radical (unpaired) electrons. The number of aromatic nitrogens is 2. The number of piperazine rings is 1. The number of hydrogen-bond donors (Lipinski definition) is 2. The van der Waals surface area contributed by atoms with E-state index in [2.05, 4.69) is 41.3 Å². The van der Waals surface area contributed by atoms with Gasteiger partial charge in [-0.2, -0.15) is 5.26 Å². The second-order valence-corrected chi connectivity index (χ2v) is 16.2. The van der Waals surface area contributed by atoms with Crippen LogP contribution in [-0.2, 0) is 0 Å². The normalized spacial score (nSPS) is 13.0. The van der Waals surface area contributed by atoms with Gasteiger partial charge in [0.1, 0.15) is 17.6 Å². The molecule has 1 aliphatic heterocycles. The monoisotopic (exact) mass is 944 g/mol. The summed E-state index contributed by atoms with van der Waals surface area (Å²) in [4.78, 5) is 17.6. The molecule has 1 saturated heterocycles. The first-order valence-corrected chi connectivity index (χ1v) is 21.7. The van der Waals surface area contributed by atoms with Gasteiger partial charge in [0, 0.05) is 86.7 Å². The van der Waals surface area contributed by atoms with Crippen LogP contribution < -0.4 is 39.1 Å². The smallest absolute Gasteiger partial charge is 0.228 e. The first-order chi connectivity index (χ1) is 31.1. The number of hydrogen-bond acceptors (Lipinski definition) is 13. The third kappa shape index (κ3) is 10.4. The van der Waals surface area contributed by atoms with Crippen LogP contribution >= 0.6 is 46.4 Å². The number of ether oxygens (including phenoxy) is 6. The maximum absolute atomic E-state index is 9.92. The fraction of sp³-hybridized carbons (Fsp3) is 0.304. The molecular formula is C46H44Cl4N8O6. The Bertz CT molecular complexity index is 2570. The molecule has 1 fully saturated rings. The average Bonchev–Trinajstić information content (AvgIpc) is 3.30. The molecule has 332 valence electrons. The standard InChI is InChI=1S/C46H44Cl4N8O6/c1-52-38-26-54-35-21-44(42(62-5)17-29(35)46(38)56-37-23-40(60-3)33(50)19-31(37)48)64-15-7-9-58-12-10-57(11-13-58)8-6-14-63-43-20-34-28(16-41(43)61-4)45(27(24-51)25-53-34)55-36-22-39(59-2)32(49)18-30(36)47/h16-23,25-26H,6-15H2,2-5H3,(H,53,55)(H,54,56). The number of nitriles is 1. The third-order valence-electron chi connectivity index (χ3n) is 10.7. The summed E-state index contributed by atoms with van der Waals surface area (Å²) in [5.41, 5.74) is 3.96. The van der Waals surface area contributed by atoms with E-state index >= 15 is 0 Å². The van der Waals surface area contributed by atoms with Gasteiger partial charge in [0.05, 0.1) is 108 Å². The first kappa shape index (κ1) is 46.2. The molecule has 3 heterocycles. The van der Waals surface area contributed by atoms with Crippen molar-refractivity contribution in [1.29, 1.82) is 5.26 Å². The number of benzene rings is 4. The number of nitrogens with one attached hydrogen (secondary N) is 2. The van der Waals surface area contributed by atoms with Crippen molar-refractivity contribution in [3.8, 4) is 40.6 Å². The Morgan fingerprint density at radius 3 is 1.52 bits per heavy atom. The Labute approximate surface area is 391 Å². The van der Waals surface area contributed by atoms with Gasteiger partial charge in [-0.25, -0.2) is 4.85 Å². The minimum absolute atomic E-state index is 0.312. The molecule has 1 aliphatic rings. The van der Waals surface area contributed by atoms with E-state index in [9.17, 15) is 5.26 Å². The Morgan fingerprint density at radius 1 is 0.609 bits per heavy atom. The van der Waals surface area contributed by atoms with E-state index < -0.39 is 0 Å². The van der Waals surface area contributed by atoms with Crippen molar-refractivity contribution >= 4 is 96.6 Å². The van der Waals surface area contributed by atoms with E-state index in [-0.39, 0.29) is 0 Å². The summed E-state index contributed by atoms with van der Waals surface area (Å²) >= 11 is 25.5. The molecule has 18 heteroatoms. The van der Waals surface area contributed by atoms with Gasteiger partial charge in [-0.3, -0.25) is 9.97 Å². The van der Waals surface area contributed by atoms with Crippen molar-refractivity contribution in [1.82, 2.24) is 19.8 Å². The van der Waals surface area contributed by atoms with Gasteiger partial charge in [-0.15, -0.1) is 0 Å². The average molecular weight is 947 g/mol. The van der Waals surface area contributed by atoms with E-state index in [1.165, 1.54) is 26.6 Å². The van der Waals surface area contributed by atoms with Crippen LogP contribution in [0.25, 0.3) is 26.7 Å². The minimum atomic E-state index is 0.312. The summed E-state index contributed by atoms with van der Waals surface area (Å²) in [5.74, 6) is 3.04. The summed E-state index contributed by atoms with van der Waals surface area (Å²) in [6, 6.07) is 16.0. The summed E-state index contributed by atoms with van der Waals surface area (Å²) in [6.07, 6.45) is 4.67. The quantitative estimate of drug-likeness (QED) is 0.0625. The van der Waals surface area contributed by atoms with Gasteiger partial charge >= 0.3 is 0 Å². The summed E-state index contributed by atoms with van der Waals surface area (Å²) < 4.78 is 34.6. The van der Waals surface area contributed by atoms with Crippen LogP contribution in [0, 0.1) is 17.9 Å². The summed E-state index contributed by atoms with van der Waals surface area (Å²) in [5, 5.41) is 19.3. The Morgan fingerprint density at radius 2 is 1.06 bits per heavy atom. The molecule has 4 aromatic carbocycles. The molecule has 0 saturated carbocycles. The topological polar surface area (TPSA) is 140 Å². The van der Waals surface area contributed by atoms with E-state index in [1.54, 1.807) is 38.5 Å². The lowest BCUT2D eigenvalue weighted by Gasteiger charge is -2.34. The molecule has 0 amide bonds. The zero-order valence-electron chi connectivity index (χ0n) is 35.5. The number of halogens is 4. The predicted molar refractivity (Wildman–Crippen MR) is 253 cm³/mol. The van der Waals surface area contributed by atoms with E-state index in [1.807, 2.05) is 24.3 Å². The van der Waals surface area contributed by atoms with E-state index in [4.69, 9.17) is 81.4 Å². The minimum Gasteiger partial charge on any atom is -0.495 e. The lowest BCUT2D eigenvalue weighted by atomic mass is 10.1. The highest BCUT2D eigenvalue weighted by molar-refractivity contribution is 6.38. The lowest BCUT2D eigenvalue weighted by Crippen LogP contribution is -2.47. The van der Waals surface area contributed by atoms with Crippen molar-refractivity contribution in [2.75, 3.05) is 91.6 Å². The molecule has 0 spiro atoms. The molecule has 2 N–H and O–H groups in total. The SMILES string of the molecule is [C-]#[N+]c1cnc2cc(OCCCN3CCN(CCCOc4cc5ncc(C#N)c(Nc6cc(OC)c(Cl)cc6Cl)c5cc4OC)CC3)c(OC)cc2c1Nc1cc(OC)c(Cl)cc1Cl. The maximum Gasteiger partial charge on any atom is 0.228 e. The van der Waals surface area contributed by atoms with Gasteiger partial charge < -0.3 is 48.9 Å². The van der Waals surface area contributed by atoms with Crippen LogP contribution in [0.5, 0.6) is 34.5 Å². The zero-order chi connectivity index (χ0) is 45.3. The second-order valence-electron chi connectivity index (χ2n) is 14.6. The summed E-state index contributed by atoms with van der Waals surface area (Å²) in [6.45, 7) is 14.3. The molecule has 0 aliphatic carbocycles. The number of pyridine rings is 2. The Balaban J connectivity index is 0.893. The van der Waals surface area contributed by atoms with Gasteiger partial charge in [0.25, 0.3) is 0 Å². The van der Waals surface area contributed by atoms with Gasteiger partial charge in [-0.1, -0.05) is 46.4 Å². The second kappa shape index (κ2) is 21.2. The predicted octanol–water partition coefficient (Wildman–Crippen LogP) is 11.2. The highest BCUT2D eigenvalue weighted by Crippen LogP contribution is 2.44. The fourth-order valence-corrected chi connectivity index (χ4v) is 8.39. The first-order valence-electron chi connectivity index (χ1n) is 20.2. The molecule has 7 rings (SSSR count). The van der Waals surface area contributed by atoms with Gasteiger partial charge in [0.15, 0.2) is 23.0 Å². The molecule has 6 aromatic rings. The van der Waals surface area contributed by atoms with Gasteiger partial charge in [-0.05, 0) is 37.1 Å². The Hall–Kier alpha value is -5.84. The highest BCUT2D eigenvalue weighted by Gasteiger charge is 2.21. The van der Waals surface area contributed by atoms with Crippen molar-refractivity contribution < 1.29 is 28.4 Å². The van der Waals surface area contributed by atoms with Crippen molar-refractivity contribution in [2.45, 2.75) is 12.8 Å². The third-order valence-corrected chi connectivity index (χ3v) is 12.0. The summed E-state index contributed by atoms with van der Waals surface area (Å²) in [7, 11) is 6.20. The number of fused-ring (bicyclic) bond motifs is 2. The van der Waals surface area contributed by atoms with Crippen LogP contribution in [0.1, 0.15) is 18.4 Å². The lowest BCUT2D eigenvalue weighted by molar-refractivity contribution is 0.120. The molecule has 64 heavy (non-hydrogen) atoms. The van der Waals surface area contributed by atoms with Gasteiger partial charge in [0.2, 0.25) is 5.69 Å².